The van der Waals surface area contributed by atoms with Crippen molar-refractivity contribution >= 4 is 23.3 Å². The van der Waals surface area contributed by atoms with Crippen molar-refractivity contribution in [2.24, 2.45) is 0 Å². The van der Waals surface area contributed by atoms with Gasteiger partial charge in [0, 0.05) is 6.07 Å². The van der Waals surface area contributed by atoms with Crippen molar-refractivity contribution in [2.75, 3.05) is 19.0 Å². The highest BCUT2D eigenvalue weighted by Gasteiger charge is 2.16. The molecule has 130 valence electrons. The first-order valence-electron chi connectivity index (χ1n) is 6.96. The third-order valence-corrected chi connectivity index (χ3v) is 3.08. The number of benzene rings is 2. The van der Waals surface area contributed by atoms with E-state index in [9.17, 15) is 24.1 Å². The minimum Gasteiger partial charge on any atom is -0.477 e. The van der Waals surface area contributed by atoms with Crippen LogP contribution in [0.25, 0.3) is 0 Å². The summed E-state index contributed by atoms with van der Waals surface area (Å²) in [4.78, 5) is 33.5. The topological polar surface area (TPSA) is 108 Å². The average molecular weight is 348 g/mol. The second-order valence-corrected chi connectivity index (χ2v) is 4.75. The SMILES string of the molecule is COC(=O)c1ccc(F)c(NC(=O)COc2ccccc2[N+](=O)[O-])c1. The van der Waals surface area contributed by atoms with Crippen molar-refractivity contribution in [2.45, 2.75) is 0 Å². The normalized spacial score (nSPS) is 10.0. The predicted molar refractivity (Wildman–Crippen MR) is 85.0 cm³/mol. The number of carbonyl (C=O) groups excluding carboxylic acids is 2. The molecule has 0 aliphatic rings. The van der Waals surface area contributed by atoms with Crippen molar-refractivity contribution in [1.29, 1.82) is 0 Å². The quantitative estimate of drug-likeness (QED) is 0.488. The highest BCUT2D eigenvalue weighted by molar-refractivity contribution is 5.95. The predicted octanol–water partition coefficient (Wildman–Crippen LogP) is 2.54. The van der Waals surface area contributed by atoms with Gasteiger partial charge in [-0.15, -0.1) is 0 Å². The second kappa shape index (κ2) is 7.86. The summed E-state index contributed by atoms with van der Waals surface area (Å²) in [5.74, 6) is -2.29. The molecule has 2 rings (SSSR count). The number of halogens is 1. The molecule has 0 radical (unpaired) electrons. The zero-order chi connectivity index (χ0) is 18.4. The first-order chi connectivity index (χ1) is 11.9. The van der Waals surface area contributed by atoms with E-state index >= 15 is 0 Å². The number of carbonyl (C=O) groups is 2. The Labute approximate surface area is 141 Å². The summed E-state index contributed by atoms with van der Waals surface area (Å²) < 4.78 is 23.4. The molecule has 2 aromatic rings. The summed E-state index contributed by atoms with van der Waals surface area (Å²) in [6.07, 6.45) is 0. The first-order valence-corrected chi connectivity index (χ1v) is 6.96. The standard InChI is InChI=1S/C16H13FN2O6/c1-24-16(21)10-6-7-11(17)12(8-10)18-15(20)9-25-14-5-3-2-4-13(14)19(22)23/h2-8H,9H2,1H3,(H,18,20). The molecule has 0 heterocycles. The Morgan fingerprint density at radius 1 is 1.24 bits per heavy atom. The zero-order valence-corrected chi connectivity index (χ0v) is 13.0. The van der Waals surface area contributed by atoms with Gasteiger partial charge in [0.25, 0.3) is 5.91 Å². The van der Waals surface area contributed by atoms with Gasteiger partial charge in [0.05, 0.1) is 23.3 Å². The molecule has 8 nitrogen and oxygen atoms in total. The van der Waals surface area contributed by atoms with E-state index < -0.39 is 29.2 Å². The van der Waals surface area contributed by atoms with Crippen LogP contribution in [0.5, 0.6) is 5.75 Å². The number of hydrogen-bond donors (Lipinski definition) is 1. The Hall–Kier alpha value is -3.49. The van der Waals surface area contributed by atoms with Gasteiger partial charge in [-0.05, 0) is 24.3 Å². The average Bonchev–Trinajstić information content (AvgIpc) is 2.61. The van der Waals surface area contributed by atoms with Crippen LogP contribution >= 0.6 is 0 Å². The number of nitro groups is 1. The minimum atomic E-state index is -0.758. The van der Waals surface area contributed by atoms with Gasteiger partial charge in [0.1, 0.15) is 5.82 Å². The van der Waals surface area contributed by atoms with E-state index in [1.807, 2.05) is 0 Å². The summed E-state index contributed by atoms with van der Waals surface area (Å²) in [6, 6.07) is 8.87. The van der Waals surface area contributed by atoms with Crippen molar-refractivity contribution in [3.05, 3.63) is 64.0 Å². The number of para-hydroxylation sites is 2. The monoisotopic (exact) mass is 348 g/mol. The Morgan fingerprint density at radius 3 is 2.64 bits per heavy atom. The Morgan fingerprint density at radius 2 is 1.96 bits per heavy atom. The van der Waals surface area contributed by atoms with Gasteiger partial charge < -0.3 is 14.8 Å². The third kappa shape index (κ3) is 4.50. The van der Waals surface area contributed by atoms with E-state index in [1.165, 1.54) is 37.4 Å². The van der Waals surface area contributed by atoms with Crippen molar-refractivity contribution in [3.63, 3.8) is 0 Å². The molecule has 0 bridgehead atoms. The maximum Gasteiger partial charge on any atom is 0.337 e. The Kier molecular flexibility index (Phi) is 5.62. The molecule has 0 aliphatic heterocycles. The van der Waals surface area contributed by atoms with E-state index in [0.29, 0.717) is 0 Å². The smallest absolute Gasteiger partial charge is 0.337 e. The van der Waals surface area contributed by atoms with Crippen LogP contribution in [-0.4, -0.2) is 30.5 Å². The highest BCUT2D eigenvalue weighted by Crippen LogP contribution is 2.25. The molecule has 1 amide bonds. The molecule has 1 N–H and O–H groups in total. The summed E-state index contributed by atoms with van der Waals surface area (Å²) in [5, 5.41) is 13.1. The molecule has 25 heavy (non-hydrogen) atoms. The molecule has 9 heteroatoms. The van der Waals surface area contributed by atoms with E-state index in [1.54, 1.807) is 0 Å². The number of amides is 1. The van der Waals surface area contributed by atoms with Gasteiger partial charge in [0.15, 0.2) is 12.4 Å². The number of nitro benzene ring substituents is 1. The molecule has 0 saturated carbocycles. The summed E-state index contributed by atoms with van der Waals surface area (Å²) in [6.45, 7) is -0.577. The summed E-state index contributed by atoms with van der Waals surface area (Å²) in [5.41, 5.74) is -0.480. The van der Waals surface area contributed by atoms with E-state index in [0.717, 1.165) is 12.1 Å². The fraction of sp³-hybridized carbons (Fsp3) is 0.125. The van der Waals surface area contributed by atoms with Crippen LogP contribution in [-0.2, 0) is 9.53 Å². The number of methoxy groups -OCH3 is 1. The largest absolute Gasteiger partial charge is 0.477 e. The van der Waals surface area contributed by atoms with Gasteiger partial charge in [0.2, 0.25) is 0 Å². The van der Waals surface area contributed by atoms with Crippen LogP contribution < -0.4 is 10.1 Å². The first kappa shape index (κ1) is 17.9. The molecule has 0 spiro atoms. The molecule has 0 unspecified atom stereocenters. The summed E-state index contributed by atoms with van der Waals surface area (Å²) in [7, 11) is 1.17. The van der Waals surface area contributed by atoms with Crippen LogP contribution in [0, 0.1) is 15.9 Å². The molecule has 2 aromatic carbocycles. The molecular weight excluding hydrogens is 335 g/mol. The molecule has 0 atom stereocenters. The number of rotatable bonds is 6. The third-order valence-electron chi connectivity index (χ3n) is 3.08. The Bertz CT molecular complexity index is 824. The van der Waals surface area contributed by atoms with Crippen LogP contribution in [0.1, 0.15) is 10.4 Å². The van der Waals surface area contributed by atoms with Crippen LogP contribution in [0.2, 0.25) is 0 Å². The fourth-order valence-corrected chi connectivity index (χ4v) is 1.93. The molecule has 0 saturated heterocycles. The highest BCUT2D eigenvalue weighted by atomic mass is 19.1. The molecule has 0 aromatic heterocycles. The molecule has 0 aliphatic carbocycles. The van der Waals surface area contributed by atoms with Gasteiger partial charge in [-0.3, -0.25) is 14.9 Å². The molecular formula is C16H13FN2O6. The number of nitrogens with one attached hydrogen (secondary N) is 1. The lowest BCUT2D eigenvalue weighted by Crippen LogP contribution is -2.21. The number of esters is 1. The number of ether oxygens (including phenoxy) is 2. The maximum atomic E-state index is 13.7. The van der Waals surface area contributed by atoms with Crippen LogP contribution in [0.4, 0.5) is 15.8 Å². The van der Waals surface area contributed by atoms with Gasteiger partial charge in [-0.2, -0.15) is 0 Å². The van der Waals surface area contributed by atoms with Gasteiger partial charge in [-0.1, -0.05) is 12.1 Å². The zero-order valence-electron chi connectivity index (χ0n) is 13.0. The fourth-order valence-electron chi connectivity index (χ4n) is 1.93. The second-order valence-electron chi connectivity index (χ2n) is 4.75. The Balaban J connectivity index is 2.06. The van der Waals surface area contributed by atoms with Crippen molar-refractivity contribution < 1.29 is 28.4 Å². The van der Waals surface area contributed by atoms with E-state index in [2.05, 4.69) is 10.1 Å². The van der Waals surface area contributed by atoms with Crippen molar-refractivity contribution in [1.82, 2.24) is 0 Å². The maximum absolute atomic E-state index is 13.7. The van der Waals surface area contributed by atoms with Crippen LogP contribution in [0.15, 0.2) is 42.5 Å². The van der Waals surface area contributed by atoms with Crippen molar-refractivity contribution in [3.8, 4) is 5.75 Å². The van der Waals surface area contributed by atoms with Crippen LogP contribution in [0.3, 0.4) is 0 Å². The lowest BCUT2D eigenvalue weighted by molar-refractivity contribution is -0.385. The minimum absolute atomic E-state index is 0.0545. The van der Waals surface area contributed by atoms with E-state index in [-0.39, 0.29) is 22.7 Å². The van der Waals surface area contributed by atoms with Gasteiger partial charge >= 0.3 is 11.7 Å². The van der Waals surface area contributed by atoms with E-state index in [4.69, 9.17) is 4.74 Å². The number of hydrogen-bond acceptors (Lipinski definition) is 6. The number of anilines is 1. The lowest BCUT2D eigenvalue weighted by atomic mass is 10.2. The molecule has 0 fully saturated rings. The summed E-state index contributed by atoms with van der Waals surface area (Å²) >= 11 is 0. The number of nitrogens with zero attached hydrogens (tertiary/aromatic N) is 1. The van der Waals surface area contributed by atoms with Gasteiger partial charge in [-0.25, -0.2) is 9.18 Å². The lowest BCUT2D eigenvalue weighted by Gasteiger charge is -2.09.